The zero-order chi connectivity index (χ0) is 12.3. The van der Waals surface area contributed by atoms with E-state index in [1.165, 1.54) is 11.1 Å². The molecule has 0 spiro atoms. The van der Waals surface area contributed by atoms with Crippen LogP contribution in [-0.4, -0.2) is 0 Å². The van der Waals surface area contributed by atoms with Crippen molar-refractivity contribution in [3.05, 3.63) is 59.2 Å². The van der Waals surface area contributed by atoms with E-state index < -0.39 is 0 Å². The van der Waals surface area contributed by atoms with E-state index >= 15 is 0 Å². The maximum Gasteiger partial charge on any atom is 0.131 e. The van der Waals surface area contributed by atoms with Crippen LogP contribution in [0.15, 0.2) is 42.5 Å². The molecule has 0 aliphatic heterocycles. The molecule has 0 saturated carbocycles. The molecule has 0 aromatic heterocycles. The molecule has 2 aromatic rings. The molecule has 0 aliphatic rings. The van der Waals surface area contributed by atoms with Crippen LogP contribution in [-0.2, 0) is 6.54 Å². The predicted molar refractivity (Wildman–Crippen MR) is 70.3 cm³/mol. The minimum absolute atomic E-state index is 0.487. The Morgan fingerprint density at radius 2 is 1.65 bits per heavy atom. The zero-order valence-corrected chi connectivity index (χ0v) is 10.2. The molecule has 2 rings (SSSR count). The minimum atomic E-state index is 0.487. The number of para-hydroxylation sites is 1. The Kier molecular flexibility index (Phi) is 3.45. The lowest BCUT2D eigenvalue weighted by Gasteiger charge is -2.11. The van der Waals surface area contributed by atoms with Gasteiger partial charge in [0.1, 0.15) is 11.5 Å². The highest BCUT2D eigenvalue weighted by atomic mass is 16.5. The Labute approximate surface area is 102 Å². The van der Waals surface area contributed by atoms with Gasteiger partial charge in [0.15, 0.2) is 0 Å². The van der Waals surface area contributed by atoms with Crippen molar-refractivity contribution in [2.75, 3.05) is 0 Å². The predicted octanol–water partition coefficient (Wildman–Crippen LogP) is 3.55. The smallest absolute Gasteiger partial charge is 0.131 e. The summed E-state index contributed by atoms with van der Waals surface area (Å²) in [6, 6.07) is 14.0. The second kappa shape index (κ2) is 5.02. The fourth-order valence-electron chi connectivity index (χ4n) is 1.89. The van der Waals surface area contributed by atoms with Gasteiger partial charge in [-0.25, -0.2) is 0 Å². The Morgan fingerprint density at radius 1 is 1.00 bits per heavy atom. The van der Waals surface area contributed by atoms with Crippen molar-refractivity contribution in [2.24, 2.45) is 5.73 Å². The van der Waals surface area contributed by atoms with Crippen LogP contribution in [0.5, 0.6) is 11.5 Å². The van der Waals surface area contributed by atoms with Gasteiger partial charge in [0.25, 0.3) is 0 Å². The van der Waals surface area contributed by atoms with Crippen LogP contribution < -0.4 is 10.5 Å². The third-order valence-corrected chi connectivity index (χ3v) is 2.62. The Hall–Kier alpha value is -1.80. The van der Waals surface area contributed by atoms with Gasteiger partial charge in [-0.15, -0.1) is 0 Å². The molecule has 2 aromatic carbocycles. The van der Waals surface area contributed by atoms with E-state index in [0.717, 1.165) is 17.1 Å². The molecule has 0 heterocycles. The zero-order valence-electron chi connectivity index (χ0n) is 10.2. The van der Waals surface area contributed by atoms with Crippen molar-refractivity contribution >= 4 is 0 Å². The molecule has 0 atom stereocenters. The number of hydrogen-bond donors (Lipinski definition) is 1. The third-order valence-electron chi connectivity index (χ3n) is 2.62. The number of nitrogens with two attached hydrogens (primary N) is 1. The molecule has 0 fully saturated rings. The van der Waals surface area contributed by atoms with E-state index in [-0.39, 0.29) is 0 Å². The molecule has 0 saturated heterocycles. The summed E-state index contributed by atoms with van der Waals surface area (Å²) in [6.07, 6.45) is 0. The quantitative estimate of drug-likeness (QED) is 0.870. The molecule has 2 nitrogen and oxygen atoms in total. The van der Waals surface area contributed by atoms with E-state index in [9.17, 15) is 0 Å². The number of benzene rings is 2. The number of aryl methyl sites for hydroxylation is 2. The van der Waals surface area contributed by atoms with Crippen LogP contribution in [0, 0.1) is 13.8 Å². The summed E-state index contributed by atoms with van der Waals surface area (Å²) in [6.45, 7) is 4.62. The van der Waals surface area contributed by atoms with Crippen molar-refractivity contribution in [1.82, 2.24) is 0 Å². The molecule has 0 unspecified atom stereocenters. The van der Waals surface area contributed by atoms with Crippen molar-refractivity contribution in [2.45, 2.75) is 20.4 Å². The third kappa shape index (κ3) is 2.86. The number of rotatable bonds is 3. The van der Waals surface area contributed by atoms with Crippen LogP contribution in [0.3, 0.4) is 0 Å². The molecule has 2 heteroatoms. The van der Waals surface area contributed by atoms with Crippen molar-refractivity contribution in [3.63, 3.8) is 0 Å². The maximum absolute atomic E-state index is 5.88. The molecule has 0 bridgehead atoms. The fourth-order valence-corrected chi connectivity index (χ4v) is 1.89. The number of hydrogen-bond acceptors (Lipinski definition) is 2. The van der Waals surface area contributed by atoms with E-state index in [4.69, 9.17) is 10.5 Å². The van der Waals surface area contributed by atoms with E-state index in [0.29, 0.717) is 6.54 Å². The van der Waals surface area contributed by atoms with Crippen LogP contribution in [0.25, 0.3) is 0 Å². The molecule has 0 amide bonds. The summed E-state index contributed by atoms with van der Waals surface area (Å²) < 4.78 is 5.88. The Balaban J connectivity index is 2.31. The van der Waals surface area contributed by atoms with Crippen molar-refractivity contribution in [1.29, 1.82) is 0 Å². The van der Waals surface area contributed by atoms with Crippen LogP contribution in [0.2, 0.25) is 0 Å². The SMILES string of the molecule is Cc1cc(C)cc(Oc2ccccc2CN)c1. The average Bonchev–Trinajstić information content (AvgIpc) is 2.28. The van der Waals surface area contributed by atoms with Gasteiger partial charge < -0.3 is 10.5 Å². The van der Waals surface area contributed by atoms with E-state index in [1.54, 1.807) is 0 Å². The monoisotopic (exact) mass is 227 g/mol. The first-order valence-electron chi connectivity index (χ1n) is 5.73. The summed E-state index contributed by atoms with van der Waals surface area (Å²) in [5.41, 5.74) is 9.10. The summed E-state index contributed by atoms with van der Waals surface area (Å²) in [5, 5.41) is 0. The van der Waals surface area contributed by atoms with E-state index in [2.05, 4.69) is 19.9 Å². The van der Waals surface area contributed by atoms with Gasteiger partial charge in [0.2, 0.25) is 0 Å². The van der Waals surface area contributed by atoms with E-state index in [1.807, 2.05) is 36.4 Å². The highest BCUT2D eigenvalue weighted by Crippen LogP contribution is 2.26. The summed E-state index contributed by atoms with van der Waals surface area (Å²) in [5.74, 6) is 1.70. The minimum Gasteiger partial charge on any atom is -0.457 e. The standard InChI is InChI=1S/C15H17NO/c1-11-7-12(2)9-14(8-11)17-15-6-4-3-5-13(15)10-16/h3-9H,10,16H2,1-2H3. The lowest BCUT2D eigenvalue weighted by molar-refractivity contribution is 0.475. The van der Waals surface area contributed by atoms with Crippen LogP contribution in [0.4, 0.5) is 0 Å². The molecule has 88 valence electrons. The first-order chi connectivity index (χ1) is 8.19. The summed E-state index contributed by atoms with van der Waals surface area (Å²) >= 11 is 0. The van der Waals surface area contributed by atoms with Gasteiger partial charge in [-0.1, -0.05) is 24.3 Å². The molecular formula is C15H17NO. The maximum atomic E-state index is 5.88. The summed E-state index contributed by atoms with van der Waals surface area (Å²) in [7, 11) is 0. The topological polar surface area (TPSA) is 35.2 Å². The highest BCUT2D eigenvalue weighted by Gasteiger charge is 2.03. The first kappa shape index (κ1) is 11.7. The second-order valence-corrected chi connectivity index (χ2v) is 4.24. The van der Waals surface area contributed by atoms with Crippen LogP contribution >= 0.6 is 0 Å². The van der Waals surface area contributed by atoms with Crippen molar-refractivity contribution < 1.29 is 4.74 Å². The Bertz CT molecular complexity index is 500. The largest absolute Gasteiger partial charge is 0.457 e. The van der Waals surface area contributed by atoms with Gasteiger partial charge in [0.05, 0.1) is 0 Å². The molecule has 17 heavy (non-hydrogen) atoms. The molecule has 2 N–H and O–H groups in total. The molecule has 0 aliphatic carbocycles. The Morgan fingerprint density at radius 3 is 2.29 bits per heavy atom. The van der Waals surface area contributed by atoms with Gasteiger partial charge >= 0.3 is 0 Å². The fraction of sp³-hybridized carbons (Fsp3) is 0.200. The van der Waals surface area contributed by atoms with Gasteiger partial charge in [-0.3, -0.25) is 0 Å². The normalized spacial score (nSPS) is 10.3. The lowest BCUT2D eigenvalue weighted by Crippen LogP contribution is -1.99. The van der Waals surface area contributed by atoms with Gasteiger partial charge in [0, 0.05) is 12.1 Å². The van der Waals surface area contributed by atoms with Crippen LogP contribution in [0.1, 0.15) is 16.7 Å². The summed E-state index contributed by atoms with van der Waals surface area (Å²) in [4.78, 5) is 0. The second-order valence-electron chi connectivity index (χ2n) is 4.24. The van der Waals surface area contributed by atoms with Gasteiger partial charge in [-0.2, -0.15) is 0 Å². The molecular weight excluding hydrogens is 210 g/mol. The lowest BCUT2D eigenvalue weighted by atomic mass is 10.1. The number of ether oxygens (including phenoxy) is 1. The first-order valence-corrected chi connectivity index (χ1v) is 5.73. The molecule has 0 radical (unpaired) electrons. The van der Waals surface area contributed by atoms with Crippen molar-refractivity contribution in [3.8, 4) is 11.5 Å². The highest BCUT2D eigenvalue weighted by molar-refractivity contribution is 5.40. The van der Waals surface area contributed by atoms with Gasteiger partial charge in [-0.05, 0) is 43.2 Å². The average molecular weight is 227 g/mol.